The average molecular weight is 373 g/mol. The van der Waals surface area contributed by atoms with Gasteiger partial charge in [-0.15, -0.1) is 0 Å². The van der Waals surface area contributed by atoms with Gasteiger partial charge in [-0.1, -0.05) is 6.92 Å². The highest BCUT2D eigenvalue weighted by Crippen LogP contribution is 2.23. The first kappa shape index (κ1) is 18.8. The molecular weight excluding hydrogens is 359 g/mol. The topological polar surface area (TPSA) is 81.9 Å². The number of hydrogen-bond acceptors (Lipinski definition) is 5. The summed E-state index contributed by atoms with van der Waals surface area (Å²) in [6.45, 7) is 1.15. The molecule has 2 rings (SSSR count). The summed E-state index contributed by atoms with van der Waals surface area (Å²) in [6.07, 6.45) is -0.678. The molecule has 0 saturated carbocycles. The van der Waals surface area contributed by atoms with E-state index in [1.165, 1.54) is 25.3 Å². The molecule has 0 N–H and O–H groups in total. The van der Waals surface area contributed by atoms with Crippen molar-refractivity contribution in [1.82, 2.24) is 14.5 Å². The van der Waals surface area contributed by atoms with Crippen LogP contribution in [0.5, 0.6) is 0 Å². The number of nitrogens with zero attached hydrogens (tertiary/aromatic N) is 3. The number of halogens is 3. The Bertz CT molecular complexity index is 967. The van der Waals surface area contributed by atoms with Gasteiger partial charge in [0, 0.05) is 25.2 Å². The van der Waals surface area contributed by atoms with Crippen LogP contribution < -0.4 is 5.56 Å². The van der Waals surface area contributed by atoms with Crippen LogP contribution in [0.1, 0.15) is 13.3 Å². The molecule has 0 aliphatic carbocycles. The molecule has 10 heteroatoms. The summed E-state index contributed by atoms with van der Waals surface area (Å²) < 4.78 is 62.1. The fourth-order valence-electron chi connectivity index (χ4n) is 2.03. The highest BCUT2D eigenvalue weighted by Gasteiger charge is 2.19. The third kappa shape index (κ3) is 4.32. The first-order valence-electron chi connectivity index (χ1n) is 7.20. The summed E-state index contributed by atoms with van der Waals surface area (Å²) >= 11 is 0. The number of aryl methyl sites for hydroxylation is 1. The van der Waals surface area contributed by atoms with E-state index in [0.717, 1.165) is 17.0 Å². The SMILES string of the molecule is CCS(=O)(=O)c1cccnc1-c1cc(=O)n(CCC(F)=C(F)F)cn1. The van der Waals surface area contributed by atoms with Gasteiger partial charge in [0.1, 0.15) is 5.69 Å². The quantitative estimate of drug-likeness (QED) is 0.777. The predicted molar refractivity (Wildman–Crippen MR) is 84.4 cm³/mol. The lowest BCUT2D eigenvalue weighted by Gasteiger charge is -2.09. The number of hydrogen-bond donors (Lipinski definition) is 0. The van der Waals surface area contributed by atoms with E-state index in [0.29, 0.717) is 0 Å². The van der Waals surface area contributed by atoms with E-state index in [9.17, 15) is 26.4 Å². The summed E-state index contributed by atoms with van der Waals surface area (Å²) in [5.74, 6) is -1.75. The zero-order valence-electron chi connectivity index (χ0n) is 13.1. The maximum atomic E-state index is 12.8. The molecule has 0 aromatic carbocycles. The van der Waals surface area contributed by atoms with Crippen LogP contribution in [-0.2, 0) is 16.4 Å². The predicted octanol–water partition coefficient (Wildman–Crippen LogP) is 2.57. The van der Waals surface area contributed by atoms with Gasteiger partial charge in [0.15, 0.2) is 15.7 Å². The zero-order chi connectivity index (χ0) is 18.6. The van der Waals surface area contributed by atoms with Gasteiger partial charge in [0.25, 0.3) is 5.56 Å². The van der Waals surface area contributed by atoms with Gasteiger partial charge < -0.3 is 0 Å². The Morgan fingerprint density at radius 2 is 1.96 bits per heavy atom. The lowest BCUT2D eigenvalue weighted by molar-refractivity contribution is 0.365. The largest absolute Gasteiger partial charge is 0.301 e. The summed E-state index contributed by atoms with van der Waals surface area (Å²) in [6, 6.07) is 3.84. The fourth-order valence-corrected chi connectivity index (χ4v) is 3.07. The van der Waals surface area contributed by atoms with Gasteiger partial charge >= 0.3 is 6.08 Å². The number of pyridine rings is 1. The van der Waals surface area contributed by atoms with Crippen molar-refractivity contribution < 1.29 is 21.6 Å². The third-order valence-corrected chi connectivity index (χ3v) is 5.14. The molecule has 0 unspecified atom stereocenters. The molecule has 2 heterocycles. The molecule has 6 nitrogen and oxygen atoms in total. The van der Waals surface area contributed by atoms with Crippen LogP contribution in [0.4, 0.5) is 13.2 Å². The van der Waals surface area contributed by atoms with Crippen LogP contribution in [0.25, 0.3) is 11.4 Å². The Morgan fingerprint density at radius 3 is 2.56 bits per heavy atom. The van der Waals surface area contributed by atoms with Crippen LogP contribution >= 0.6 is 0 Å². The molecule has 2 aromatic rings. The fraction of sp³-hybridized carbons (Fsp3) is 0.267. The van der Waals surface area contributed by atoms with Gasteiger partial charge in [-0.05, 0) is 12.1 Å². The van der Waals surface area contributed by atoms with Crippen molar-refractivity contribution in [2.45, 2.75) is 24.8 Å². The monoisotopic (exact) mass is 373 g/mol. The molecule has 0 atom stereocenters. The van der Waals surface area contributed by atoms with Gasteiger partial charge in [0.2, 0.25) is 0 Å². The van der Waals surface area contributed by atoms with Crippen LogP contribution in [0.2, 0.25) is 0 Å². The maximum absolute atomic E-state index is 12.8. The Hall–Kier alpha value is -2.49. The van der Waals surface area contributed by atoms with Gasteiger partial charge in [-0.25, -0.2) is 17.8 Å². The molecule has 134 valence electrons. The van der Waals surface area contributed by atoms with E-state index in [1.54, 1.807) is 0 Å². The number of aromatic nitrogens is 3. The highest BCUT2D eigenvalue weighted by atomic mass is 32.2. The summed E-state index contributed by atoms with van der Waals surface area (Å²) in [5, 5.41) is 0. The second-order valence-electron chi connectivity index (χ2n) is 4.97. The van der Waals surface area contributed by atoms with Crippen LogP contribution in [-0.4, -0.2) is 28.7 Å². The molecule has 0 bridgehead atoms. The second-order valence-corrected chi connectivity index (χ2v) is 7.22. The number of rotatable bonds is 6. The van der Waals surface area contributed by atoms with Crippen LogP contribution in [0.3, 0.4) is 0 Å². The third-order valence-electron chi connectivity index (χ3n) is 3.39. The van der Waals surface area contributed by atoms with Crippen molar-refractivity contribution in [3.05, 3.63) is 53.0 Å². The van der Waals surface area contributed by atoms with E-state index < -0.39 is 33.7 Å². The van der Waals surface area contributed by atoms with E-state index in [-0.39, 0.29) is 28.6 Å². The lowest BCUT2D eigenvalue weighted by Crippen LogP contribution is -2.20. The Morgan fingerprint density at radius 1 is 1.24 bits per heavy atom. The molecular formula is C15H14F3N3O3S. The summed E-state index contributed by atoms with van der Waals surface area (Å²) in [7, 11) is -3.58. The van der Waals surface area contributed by atoms with Gasteiger partial charge in [-0.2, -0.15) is 8.78 Å². The Kier molecular flexibility index (Phi) is 5.73. The molecule has 2 aromatic heterocycles. The van der Waals surface area contributed by atoms with Crippen molar-refractivity contribution in [2.24, 2.45) is 0 Å². The summed E-state index contributed by atoms with van der Waals surface area (Å²) in [4.78, 5) is 19.9. The van der Waals surface area contributed by atoms with Crippen LogP contribution in [0, 0.1) is 0 Å². The standard InChI is InChI=1S/C15H14F3N3O3S/c1-2-25(23,24)12-4-3-6-19-14(12)11-8-13(22)21(9-20-11)7-5-10(16)15(17)18/h3-4,6,8-9H,2,5,7H2,1H3. The van der Waals surface area contributed by atoms with E-state index in [2.05, 4.69) is 9.97 Å². The van der Waals surface area contributed by atoms with E-state index >= 15 is 0 Å². The molecule has 0 aliphatic heterocycles. The smallest absolute Gasteiger partial charge is 0.299 e. The number of allylic oxidation sites excluding steroid dienone is 1. The average Bonchev–Trinajstić information content (AvgIpc) is 2.60. The van der Waals surface area contributed by atoms with Gasteiger partial charge in [-0.3, -0.25) is 14.3 Å². The first-order valence-corrected chi connectivity index (χ1v) is 8.85. The van der Waals surface area contributed by atoms with Crippen molar-refractivity contribution in [3.8, 4) is 11.4 Å². The minimum Gasteiger partial charge on any atom is -0.299 e. The van der Waals surface area contributed by atoms with Crippen molar-refractivity contribution in [2.75, 3.05) is 5.75 Å². The molecule has 0 saturated heterocycles. The minimum absolute atomic E-state index is 0.0227. The lowest BCUT2D eigenvalue weighted by atomic mass is 10.2. The maximum Gasteiger partial charge on any atom is 0.301 e. The molecule has 0 radical (unpaired) electrons. The van der Waals surface area contributed by atoms with Crippen molar-refractivity contribution in [3.63, 3.8) is 0 Å². The van der Waals surface area contributed by atoms with Crippen LogP contribution in [0.15, 0.2) is 52.3 Å². The molecule has 0 aliphatic rings. The van der Waals surface area contributed by atoms with E-state index in [4.69, 9.17) is 0 Å². The first-order chi connectivity index (χ1) is 11.8. The molecule has 0 amide bonds. The van der Waals surface area contributed by atoms with Gasteiger partial charge in [0.05, 0.1) is 22.7 Å². The molecule has 25 heavy (non-hydrogen) atoms. The Labute approximate surface area is 141 Å². The number of sulfone groups is 1. The molecule has 0 spiro atoms. The normalized spacial score (nSPS) is 11.4. The summed E-state index contributed by atoms with van der Waals surface area (Å²) in [5.41, 5.74) is -0.585. The second kappa shape index (κ2) is 7.60. The van der Waals surface area contributed by atoms with Crippen molar-refractivity contribution in [1.29, 1.82) is 0 Å². The van der Waals surface area contributed by atoms with Crippen molar-refractivity contribution >= 4 is 9.84 Å². The van der Waals surface area contributed by atoms with E-state index in [1.807, 2.05) is 0 Å². The minimum atomic E-state index is -3.58. The Balaban J connectivity index is 2.40. The zero-order valence-corrected chi connectivity index (χ0v) is 13.9. The highest BCUT2D eigenvalue weighted by molar-refractivity contribution is 7.91. The molecule has 0 fully saturated rings.